The van der Waals surface area contributed by atoms with E-state index in [4.69, 9.17) is 16.9 Å². The molecule has 0 fully saturated rings. The number of halogens is 1. The molecule has 2 rings (SSSR count). The Bertz CT molecular complexity index is 598. The molecule has 0 aliphatic heterocycles. The number of hydrazone groups is 1. The lowest BCUT2D eigenvalue weighted by Gasteiger charge is -2.02. The standard InChI is InChI=1S/C15H12ClN3/c16-13-6-8-14(9-7-13)18-19-15(11-17)10-12-4-2-1-3-5-12/h1-9,18H,10H2/b19-15-. The third-order valence-electron chi connectivity index (χ3n) is 2.51. The molecule has 1 N–H and O–H groups in total. The molecule has 0 radical (unpaired) electrons. The van der Waals surface area contributed by atoms with Crippen molar-refractivity contribution in [1.82, 2.24) is 0 Å². The second-order valence-electron chi connectivity index (χ2n) is 3.95. The first-order valence-corrected chi connectivity index (χ1v) is 6.18. The zero-order valence-electron chi connectivity index (χ0n) is 10.2. The van der Waals surface area contributed by atoms with Crippen LogP contribution in [-0.4, -0.2) is 5.71 Å². The maximum atomic E-state index is 9.07. The Morgan fingerprint density at radius 2 is 1.79 bits per heavy atom. The van der Waals surface area contributed by atoms with Crippen LogP contribution in [0.2, 0.25) is 5.02 Å². The van der Waals surface area contributed by atoms with Crippen LogP contribution in [0.5, 0.6) is 0 Å². The Balaban J connectivity index is 2.04. The topological polar surface area (TPSA) is 48.2 Å². The number of nitrogens with one attached hydrogen (secondary N) is 1. The van der Waals surface area contributed by atoms with E-state index in [-0.39, 0.29) is 0 Å². The Morgan fingerprint density at radius 1 is 1.11 bits per heavy atom. The van der Waals surface area contributed by atoms with Crippen molar-refractivity contribution in [3.05, 3.63) is 65.2 Å². The fourth-order valence-corrected chi connectivity index (χ4v) is 1.68. The van der Waals surface area contributed by atoms with Crippen LogP contribution in [0.1, 0.15) is 5.56 Å². The van der Waals surface area contributed by atoms with Gasteiger partial charge in [-0.1, -0.05) is 41.9 Å². The maximum Gasteiger partial charge on any atom is 0.142 e. The monoisotopic (exact) mass is 269 g/mol. The van der Waals surface area contributed by atoms with Crippen LogP contribution in [0.15, 0.2) is 59.7 Å². The number of nitrogens with zero attached hydrogens (tertiary/aromatic N) is 2. The van der Waals surface area contributed by atoms with Gasteiger partial charge in [-0.05, 0) is 29.8 Å². The summed E-state index contributed by atoms with van der Waals surface area (Å²) in [6.45, 7) is 0. The summed E-state index contributed by atoms with van der Waals surface area (Å²) in [5.41, 5.74) is 5.13. The highest BCUT2D eigenvalue weighted by atomic mass is 35.5. The van der Waals surface area contributed by atoms with E-state index in [1.54, 1.807) is 12.1 Å². The molecule has 2 aromatic carbocycles. The number of anilines is 1. The molecule has 0 bridgehead atoms. The van der Waals surface area contributed by atoms with E-state index >= 15 is 0 Å². The normalized spacial score (nSPS) is 10.8. The summed E-state index contributed by atoms with van der Waals surface area (Å²) in [5.74, 6) is 0. The minimum absolute atomic E-state index is 0.432. The van der Waals surface area contributed by atoms with Crippen molar-refractivity contribution in [3.63, 3.8) is 0 Å². The van der Waals surface area contributed by atoms with Crippen molar-refractivity contribution in [2.45, 2.75) is 6.42 Å². The van der Waals surface area contributed by atoms with Crippen molar-refractivity contribution >= 4 is 23.0 Å². The van der Waals surface area contributed by atoms with Crippen LogP contribution in [0.25, 0.3) is 0 Å². The first-order valence-electron chi connectivity index (χ1n) is 5.80. The highest BCUT2D eigenvalue weighted by molar-refractivity contribution is 6.30. The maximum absolute atomic E-state index is 9.07. The predicted molar refractivity (Wildman–Crippen MR) is 78.3 cm³/mol. The molecular formula is C15H12ClN3. The molecule has 0 amide bonds. The zero-order chi connectivity index (χ0) is 13.5. The zero-order valence-corrected chi connectivity index (χ0v) is 10.9. The van der Waals surface area contributed by atoms with Gasteiger partial charge in [-0.2, -0.15) is 10.4 Å². The summed E-state index contributed by atoms with van der Waals surface area (Å²) in [6, 6.07) is 19.0. The summed E-state index contributed by atoms with van der Waals surface area (Å²) in [6.07, 6.45) is 0.512. The number of hydrogen-bond donors (Lipinski definition) is 1. The van der Waals surface area contributed by atoms with Gasteiger partial charge in [0.05, 0.1) is 5.69 Å². The van der Waals surface area contributed by atoms with Gasteiger partial charge in [0.25, 0.3) is 0 Å². The average Bonchev–Trinajstić information content (AvgIpc) is 2.46. The van der Waals surface area contributed by atoms with Crippen LogP contribution >= 0.6 is 11.6 Å². The van der Waals surface area contributed by atoms with Gasteiger partial charge in [0.1, 0.15) is 11.8 Å². The molecule has 19 heavy (non-hydrogen) atoms. The van der Waals surface area contributed by atoms with Gasteiger partial charge in [-0.3, -0.25) is 5.43 Å². The van der Waals surface area contributed by atoms with Gasteiger partial charge >= 0.3 is 0 Å². The molecule has 0 saturated heterocycles. The van der Waals surface area contributed by atoms with Crippen LogP contribution in [0, 0.1) is 11.3 Å². The number of hydrogen-bond acceptors (Lipinski definition) is 3. The summed E-state index contributed by atoms with van der Waals surface area (Å²) in [7, 11) is 0. The van der Waals surface area contributed by atoms with E-state index in [0.29, 0.717) is 17.2 Å². The number of nitriles is 1. The van der Waals surface area contributed by atoms with Crippen LogP contribution < -0.4 is 5.43 Å². The molecule has 0 heterocycles. The quantitative estimate of drug-likeness (QED) is 0.676. The molecule has 0 aromatic heterocycles. The van der Waals surface area contributed by atoms with E-state index in [2.05, 4.69) is 16.6 Å². The van der Waals surface area contributed by atoms with Crippen molar-refractivity contribution < 1.29 is 0 Å². The number of rotatable bonds is 4. The molecule has 94 valence electrons. The van der Waals surface area contributed by atoms with Gasteiger partial charge in [-0.25, -0.2) is 0 Å². The fraction of sp³-hybridized carbons (Fsp3) is 0.0667. The highest BCUT2D eigenvalue weighted by Crippen LogP contribution is 2.13. The first kappa shape index (κ1) is 13.1. The molecule has 0 unspecified atom stereocenters. The van der Waals surface area contributed by atoms with Crippen molar-refractivity contribution in [3.8, 4) is 6.07 Å². The van der Waals surface area contributed by atoms with Gasteiger partial charge in [0.2, 0.25) is 0 Å². The van der Waals surface area contributed by atoms with Gasteiger partial charge in [0, 0.05) is 11.4 Å². The minimum atomic E-state index is 0.432. The molecule has 0 spiro atoms. The lowest BCUT2D eigenvalue weighted by Crippen LogP contribution is -2.03. The first-order chi connectivity index (χ1) is 9.28. The van der Waals surface area contributed by atoms with E-state index < -0.39 is 0 Å². The van der Waals surface area contributed by atoms with E-state index in [9.17, 15) is 0 Å². The minimum Gasteiger partial charge on any atom is -0.278 e. The molecule has 0 aliphatic carbocycles. The SMILES string of the molecule is N#C/C(Cc1ccccc1)=N\Nc1ccc(Cl)cc1. The van der Waals surface area contributed by atoms with E-state index in [1.807, 2.05) is 42.5 Å². The Labute approximate surface area is 117 Å². The van der Waals surface area contributed by atoms with Gasteiger partial charge in [0.15, 0.2) is 0 Å². The summed E-state index contributed by atoms with van der Waals surface area (Å²) < 4.78 is 0. The average molecular weight is 270 g/mol. The second-order valence-corrected chi connectivity index (χ2v) is 4.39. The van der Waals surface area contributed by atoms with Crippen LogP contribution in [-0.2, 0) is 6.42 Å². The van der Waals surface area contributed by atoms with E-state index in [0.717, 1.165) is 11.3 Å². The summed E-state index contributed by atoms with van der Waals surface area (Å²) >= 11 is 5.79. The molecule has 3 nitrogen and oxygen atoms in total. The summed E-state index contributed by atoms with van der Waals surface area (Å²) in [5, 5.41) is 13.8. The Hall–Kier alpha value is -2.31. The van der Waals surface area contributed by atoms with Crippen molar-refractivity contribution in [1.29, 1.82) is 5.26 Å². The third kappa shape index (κ3) is 4.13. The smallest absolute Gasteiger partial charge is 0.142 e. The lowest BCUT2D eigenvalue weighted by atomic mass is 10.1. The lowest BCUT2D eigenvalue weighted by molar-refractivity contribution is 1.26. The van der Waals surface area contributed by atoms with Gasteiger partial charge in [-0.15, -0.1) is 0 Å². The second kappa shape index (κ2) is 6.58. The predicted octanol–water partition coefficient (Wildman–Crippen LogP) is 3.87. The number of benzene rings is 2. The Morgan fingerprint density at radius 3 is 2.42 bits per heavy atom. The third-order valence-corrected chi connectivity index (χ3v) is 2.76. The fourth-order valence-electron chi connectivity index (χ4n) is 1.55. The van der Waals surface area contributed by atoms with E-state index in [1.165, 1.54) is 0 Å². The Kier molecular flexibility index (Phi) is 4.54. The molecule has 4 heteroatoms. The van der Waals surface area contributed by atoms with Crippen LogP contribution in [0.3, 0.4) is 0 Å². The molecule has 0 saturated carbocycles. The molecular weight excluding hydrogens is 258 g/mol. The molecule has 2 aromatic rings. The summed E-state index contributed by atoms with van der Waals surface area (Å²) in [4.78, 5) is 0. The highest BCUT2D eigenvalue weighted by Gasteiger charge is 2.00. The van der Waals surface area contributed by atoms with Gasteiger partial charge < -0.3 is 0 Å². The van der Waals surface area contributed by atoms with Crippen molar-refractivity contribution in [2.75, 3.05) is 5.43 Å². The largest absolute Gasteiger partial charge is 0.278 e. The molecule has 0 atom stereocenters. The van der Waals surface area contributed by atoms with Crippen LogP contribution in [0.4, 0.5) is 5.69 Å². The molecule has 0 aliphatic rings. The van der Waals surface area contributed by atoms with Crippen molar-refractivity contribution in [2.24, 2.45) is 5.10 Å².